The zero-order chi connectivity index (χ0) is 19.2. The van der Waals surface area contributed by atoms with Gasteiger partial charge in [-0.25, -0.2) is 0 Å². The van der Waals surface area contributed by atoms with E-state index < -0.39 is 0 Å². The smallest absolute Gasteiger partial charge is 0.162 e. The summed E-state index contributed by atoms with van der Waals surface area (Å²) in [5.74, 6) is 1.63. The molecule has 0 heterocycles. The van der Waals surface area contributed by atoms with Gasteiger partial charge in [0.1, 0.15) is 12.4 Å². The van der Waals surface area contributed by atoms with E-state index in [9.17, 15) is 5.11 Å². The summed E-state index contributed by atoms with van der Waals surface area (Å²) in [6, 6.07) is 19.1. The van der Waals surface area contributed by atoms with Gasteiger partial charge in [0.25, 0.3) is 0 Å². The van der Waals surface area contributed by atoms with E-state index in [2.05, 4.69) is 40.3 Å². The molecule has 3 aromatic carbocycles. The predicted molar refractivity (Wildman–Crippen MR) is 112 cm³/mol. The Morgan fingerprint density at radius 2 is 1.78 bits per heavy atom. The SMILES string of the molecule is COc1cc(CNc2ccc(O)cc2)c(Br)cc1OCc1cccc(C)c1. The van der Waals surface area contributed by atoms with Crippen LogP contribution in [0.25, 0.3) is 0 Å². The van der Waals surface area contributed by atoms with E-state index in [1.54, 1.807) is 19.2 Å². The van der Waals surface area contributed by atoms with Gasteiger partial charge < -0.3 is 19.9 Å². The molecule has 0 aliphatic heterocycles. The molecular weight excluding hydrogens is 406 g/mol. The minimum Gasteiger partial charge on any atom is -0.508 e. The normalized spacial score (nSPS) is 10.5. The number of hydrogen-bond donors (Lipinski definition) is 2. The summed E-state index contributed by atoms with van der Waals surface area (Å²) >= 11 is 3.62. The van der Waals surface area contributed by atoms with Crippen LogP contribution in [0.15, 0.2) is 65.1 Å². The third-order valence-electron chi connectivity index (χ3n) is 4.16. The molecule has 0 aromatic heterocycles. The first-order chi connectivity index (χ1) is 13.0. The lowest BCUT2D eigenvalue weighted by Gasteiger charge is -2.15. The summed E-state index contributed by atoms with van der Waals surface area (Å²) < 4.78 is 12.4. The molecule has 0 saturated heterocycles. The number of ether oxygens (including phenoxy) is 2. The van der Waals surface area contributed by atoms with Crippen molar-refractivity contribution in [3.63, 3.8) is 0 Å². The van der Waals surface area contributed by atoms with Crippen LogP contribution in [-0.4, -0.2) is 12.2 Å². The fraction of sp³-hybridized carbons (Fsp3) is 0.182. The average molecular weight is 428 g/mol. The molecular formula is C22H22BrNO3. The maximum Gasteiger partial charge on any atom is 0.162 e. The van der Waals surface area contributed by atoms with Crippen molar-refractivity contribution < 1.29 is 14.6 Å². The molecule has 3 rings (SSSR count). The van der Waals surface area contributed by atoms with Gasteiger partial charge in [0.2, 0.25) is 0 Å². The number of aromatic hydroxyl groups is 1. The van der Waals surface area contributed by atoms with E-state index >= 15 is 0 Å². The van der Waals surface area contributed by atoms with Crippen LogP contribution < -0.4 is 14.8 Å². The molecule has 0 atom stereocenters. The van der Waals surface area contributed by atoms with Crippen LogP contribution in [-0.2, 0) is 13.2 Å². The van der Waals surface area contributed by atoms with E-state index in [1.807, 2.05) is 36.4 Å². The molecule has 0 unspecified atom stereocenters. The quantitative estimate of drug-likeness (QED) is 0.477. The highest BCUT2D eigenvalue weighted by Gasteiger charge is 2.11. The van der Waals surface area contributed by atoms with Crippen molar-refractivity contribution in [2.75, 3.05) is 12.4 Å². The summed E-state index contributed by atoms with van der Waals surface area (Å²) in [5, 5.41) is 12.7. The number of phenolic OH excluding ortho intramolecular Hbond substituents is 1. The van der Waals surface area contributed by atoms with E-state index in [4.69, 9.17) is 9.47 Å². The number of aryl methyl sites for hydroxylation is 1. The van der Waals surface area contributed by atoms with E-state index in [0.717, 1.165) is 21.3 Å². The molecule has 0 spiro atoms. The Morgan fingerprint density at radius 3 is 2.48 bits per heavy atom. The van der Waals surface area contributed by atoms with E-state index in [0.29, 0.717) is 24.7 Å². The van der Waals surface area contributed by atoms with E-state index in [1.165, 1.54) is 5.56 Å². The van der Waals surface area contributed by atoms with Gasteiger partial charge in [-0.3, -0.25) is 0 Å². The summed E-state index contributed by atoms with van der Waals surface area (Å²) in [4.78, 5) is 0. The Bertz CT molecular complexity index is 910. The van der Waals surface area contributed by atoms with Crippen molar-refractivity contribution in [3.8, 4) is 17.2 Å². The average Bonchev–Trinajstić information content (AvgIpc) is 2.67. The number of halogens is 1. The second-order valence-electron chi connectivity index (χ2n) is 6.27. The zero-order valence-electron chi connectivity index (χ0n) is 15.3. The van der Waals surface area contributed by atoms with Gasteiger partial charge in [0.15, 0.2) is 11.5 Å². The molecule has 0 aliphatic carbocycles. The molecule has 0 fully saturated rings. The zero-order valence-corrected chi connectivity index (χ0v) is 16.9. The Kier molecular flexibility index (Phi) is 6.24. The number of methoxy groups -OCH3 is 1. The Hall–Kier alpha value is -2.66. The van der Waals surface area contributed by atoms with Crippen molar-refractivity contribution in [1.82, 2.24) is 0 Å². The van der Waals surface area contributed by atoms with Gasteiger partial charge >= 0.3 is 0 Å². The van der Waals surface area contributed by atoms with E-state index in [-0.39, 0.29) is 5.75 Å². The molecule has 0 radical (unpaired) electrons. The monoisotopic (exact) mass is 427 g/mol. The molecule has 140 valence electrons. The molecule has 0 bridgehead atoms. The van der Waals surface area contributed by atoms with Crippen molar-refractivity contribution in [3.05, 3.63) is 81.8 Å². The molecule has 27 heavy (non-hydrogen) atoms. The summed E-state index contributed by atoms with van der Waals surface area (Å²) in [6.07, 6.45) is 0. The van der Waals surface area contributed by atoms with Crippen molar-refractivity contribution >= 4 is 21.6 Å². The predicted octanol–water partition coefficient (Wildman–Crippen LogP) is 5.66. The topological polar surface area (TPSA) is 50.7 Å². The number of anilines is 1. The fourth-order valence-electron chi connectivity index (χ4n) is 2.72. The Labute approximate surface area is 167 Å². The van der Waals surface area contributed by atoms with Gasteiger partial charge in [-0.15, -0.1) is 0 Å². The van der Waals surface area contributed by atoms with Crippen LogP contribution in [0.2, 0.25) is 0 Å². The first kappa shape index (κ1) is 19.1. The molecule has 3 aromatic rings. The van der Waals surface area contributed by atoms with Gasteiger partial charge in [0.05, 0.1) is 7.11 Å². The highest BCUT2D eigenvalue weighted by atomic mass is 79.9. The fourth-order valence-corrected chi connectivity index (χ4v) is 3.19. The lowest BCUT2D eigenvalue weighted by Crippen LogP contribution is -2.03. The number of nitrogens with one attached hydrogen (secondary N) is 1. The number of benzene rings is 3. The van der Waals surface area contributed by atoms with Crippen molar-refractivity contribution in [2.24, 2.45) is 0 Å². The first-order valence-electron chi connectivity index (χ1n) is 8.63. The molecule has 0 aliphatic rings. The number of rotatable bonds is 7. The second-order valence-corrected chi connectivity index (χ2v) is 7.13. The summed E-state index contributed by atoms with van der Waals surface area (Å²) in [7, 11) is 1.64. The lowest BCUT2D eigenvalue weighted by molar-refractivity contribution is 0.284. The number of phenols is 1. The van der Waals surface area contributed by atoms with Crippen LogP contribution in [0.4, 0.5) is 5.69 Å². The van der Waals surface area contributed by atoms with Gasteiger partial charge in [0, 0.05) is 16.7 Å². The molecule has 0 saturated carbocycles. The molecule has 2 N–H and O–H groups in total. The standard InChI is InChI=1S/C22H22BrNO3/c1-15-4-3-5-16(10-15)14-27-22-12-20(23)17(11-21(22)26-2)13-24-18-6-8-19(25)9-7-18/h3-12,24-25H,13-14H2,1-2H3. The maximum atomic E-state index is 9.37. The van der Waals surface area contributed by atoms with Crippen LogP contribution in [0, 0.1) is 6.92 Å². The Morgan fingerprint density at radius 1 is 1.00 bits per heavy atom. The van der Waals surface area contributed by atoms with Crippen LogP contribution in [0.3, 0.4) is 0 Å². The van der Waals surface area contributed by atoms with Crippen LogP contribution in [0.1, 0.15) is 16.7 Å². The van der Waals surface area contributed by atoms with Crippen LogP contribution in [0.5, 0.6) is 17.2 Å². The summed E-state index contributed by atoms with van der Waals surface area (Å²) in [5.41, 5.74) is 4.30. The minimum atomic E-state index is 0.249. The summed E-state index contributed by atoms with van der Waals surface area (Å²) in [6.45, 7) is 3.16. The third-order valence-corrected chi connectivity index (χ3v) is 4.90. The van der Waals surface area contributed by atoms with Gasteiger partial charge in [-0.1, -0.05) is 45.8 Å². The molecule has 0 amide bonds. The van der Waals surface area contributed by atoms with Crippen LogP contribution >= 0.6 is 15.9 Å². The first-order valence-corrected chi connectivity index (χ1v) is 9.42. The molecule has 4 nitrogen and oxygen atoms in total. The number of hydrogen-bond acceptors (Lipinski definition) is 4. The highest BCUT2D eigenvalue weighted by molar-refractivity contribution is 9.10. The van der Waals surface area contributed by atoms with Crippen molar-refractivity contribution in [1.29, 1.82) is 0 Å². The Balaban J connectivity index is 1.71. The third kappa shape index (κ3) is 5.17. The minimum absolute atomic E-state index is 0.249. The van der Waals surface area contributed by atoms with Gasteiger partial charge in [-0.05, 0) is 54.4 Å². The second kappa shape index (κ2) is 8.82. The highest BCUT2D eigenvalue weighted by Crippen LogP contribution is 2.34. The largest absolute Gasteiger partial charge is 0.508 e. The lowest BCUT2D eigenvalue weighted by atomic mass is 10.1. The molecule has 5 heteroatoms. The maximum absolute atomic E-state index is 9.37. The van der Waals surface area contributed by atoms with Crippen molar-refractivity contribution in [2.45, 2.75) is 20.1 Å². The van der Waals surface area contributed by atoms with Gasteiger partial charge in [-0.2, -0.15) is 0 Å².